The van der Waals surface area contributed by atoms with Crippen LogP contribution in [0.5, 0.6) is 11.5 Å². The summed E-state index contributed by atoms with van der Waals surface area (Å²) in [6.45, 7) is 0.637. The van der Waals surface area contributed by atoms with Crippen molar-refractivity contribution in [2.45, 2.75) is 6.42 Å². The first-order valence-electron chi connectivity index (χ1n) is 8.32. The molecule has 0 aromatic heterocycles. The minimum Gasteiger partial charge on any atom is -0.497 e. The fourth-order valence-electron chi connectivity index (χ4n) is 2.31. The summed E-state index contributed by atoms with van der Waals surface area (Å²) < 4.78 is 23.3. The Hall–Kier alpha value is -2.56. The van der Waals surface area contributed by atoms with Crippen molar-refractivity contribution in [2.75, 3.05) is 32.6 Å². The SMILES string of the molecule is COc1ccc(OC)c(NC(N)=NCCNC(=O)Cc2ccc(F)cc2)c1.I. The highest BCUT2D eigenvalue weighted by molar-refractivity contribution is 14.0. The summed E-state index contributed by atoms with van der Waals surface area (Å²) in [5.74, 6) is 0.942. The van der Waals surface area contributed by atoms with Crippen molar-refractivity contribution >= 4 is 41.5 Å². The molecular weight excluding hydrogens is 478 g/mol. The number of nitrogens with zero attached hydrogens (tertiary/aromatic N) is 1. The Balaban J connectivity index is 0.00000392. The molecule has 2 aromatic rings. The number of amides is 1. The molecule has 28 heavy (non-hydrogen) atoms. The first kappa shape index (κ1) is 23.5. The Morgan fingerprint density at radius 3 is 2.50 bits per heavy atom. The molecule has 0 bridgehead atoms. The lowest BCUT2D eigenvalue weighted by Crippen LogP contribution is -2.29. The van der Waals surface area contributed by atoms with Crippen LogP contribution >= 0.6 is 24.0 Å². The van der Waals surface area contributed by atoms with Gasteiger partial charge in [0.15, 0.2) is 5.96 Å². The van der Waals surface area contributed by atoms with Crippen molar-refractivity contribution < 1.29 is 18.7 Å². The zero-order valence-electron chi connectivity index (χ0n) is 15.7. The van der Waals surface area contributed by atoms with Crippen molar-refractivity contribution in [3.05, 3.63) is 53.8 Å². The van der Waals surface area contributed by atoms with Gasteiger partial charge in [0.25, 0.3) is 0 Å². The third-order valence-electron chi connectivity index (χ3n) is 3.66. The molecule has 0 heterocycles. The van der Waals surface area contributed by atoms with Crippen LogP contribution in [0.15, 0.2) is 47.5 Å². The maximum absolute atomic E-state index is 12.8. The highest BCUT2D eigenvalue weighted by Gasteiger charge is 2.06. The number of ether oxygens (including phenoxy) is 2. The van der Waals surface area contributed by atoms with Gasteiger partial charge in [-0.3, -0.25) is 9.79 Å². The average Bonchev–Trinajstić information content (AvgIpc) is 2.67. The highest BCUT2D eigenvalue weighted by Crippen LogP contribution is 2.28. The first-order valence-corrected chi connectivity index (χ1v) is 8.32. The number of methoxy groups -OCH3 is 2. The molecule has 0 aliphatic carbocycles. The lowest BCUT2D eigenvalue weighted by molar-refractivity contribution is -0.120. The number of hydrogen-bond acceptors (Lipinski definition) is 4. The van der Waals surface area contributed by atoms with E-state index in [-0.39, 0.29) is 48.1 Å². The van der Waals surface area contributed by atoms with Gasteiger partial charge < -0.3 is 25.8 Å². The van der Waals surface area contributed by atoms with E-state index in [0.717, 1.165) is 5.56 Å². The van der Waals surface area contributed by atoms with E-state index in [1.807, 2.05) is 0 Å². The van der Waals surface area contributed by atoms with Crippen LogP contribution in [0.1, 0.15) is 5.56 Å². The molecule has 0 aliphatic rings. The predicted molar refractivity (Wildman–Crippen MR) is 118 cm³/mol. The summed E-state index contributed by atoms with van der Waals surface area (Å²) in [7, 11) is 3.12. The molecule has 0 radical (unpaired) electrons. The molecule has 0 saturated carbocycles. The monoisotopic (exact) mass is 502 g/mol. The largest absolute Gasteiger partial charge is 0.497 e. The van der Waals surface area contributed by atoms with Gasteiger partial charge in [-0.2, -0.15) is 0 Å². The van der Waals surface area contributed by atoms with Crippen molar-refractivity contribution in [1.29, 1.82) is 0 Å². The van der Waals surface area contributed by atoms with Crippen LogP contribution in [0.4, 0.5) is 10.1 Å². The van der Waals surface area contributed by atoms with Crippen LogP contribution in [-0.4, -0.2) is 39.2 Å². The summed E-state index contributed by atoms with van der Waals surface area (Å²) in [5, 5.41) is 5.68. The quantitative estimate of drug-likeness (QED) is 0.223. The lowest BCUT2D eigenvalue weighted by Gasteiger charge is -2.12. The molecule has 0 aliphatic heterocycles. The predicted octanol–water partition coefficient (Wildman–Crippen LogP) is 2.55. The van der Waals surface area contributed by atoms with Gasteiger partial charge in [-0.1, -0.05) is 12.1 Å². The summed E-state index contributed by atoms with van der Waals surface area (Å²) in [6.07, 6.45) is 0.179. The highest BCUT2D eigenvalue weighted by atomic mass is 127. The third-order valence-corrected chi connectivity index (χ3v) is 3.66. The summed E-state index contributed by atoms with van der Waals surface area (Å²) in [5.41, 5.74) is 7.23. The van der Waals surface area contributed by atoms with Crippen molar-refractivity contribution in [2.24, 2.45) is 10.7 Å². The van der Waals surface area contributed by atoms with Gasteiger partial charge in [0.2, 0.25) is 5.91 Å². The van der Waals surface area contributed by atoms with Crippen molar-refractivity contribution in [1.82, 2.24) is 5.32 Å². The minimum atomic E-state index is -0.330. The fraction of sp³-hybridized carbons (Fsp3) is 0.263. The Labute approximate surface area is 180 Å². The second kappa shape index (κ2) is 12.0. The minimum absolute atomic E-state index is 0. The molecule has 0 fully saturated rings. The second-order valence-corrected chi connectivity index (χ2v) is 5.61. The van der Waals surface area contributed by atoms with Crippen LogP contribution in [0.3, 0.4) is 0 Å². The molecule has 0 atom stereocenters. The number of benzene rings is 2. The molecule has 2 aromatic carbocycles. The van der Waals surface area contributed by atoms with Gasteiger partial charge in [0, 0.05) is 12.6 Å². The molecule has 2 rings (SSSR count). The van der Waals surface area contributed by atoms with Crippen LogP contribution in [0, 0.1) is 5.82 Å². The number of rotatable bonds is 8. The molecule has 0 saturated heterocycles. The van der Waals surface area contributed by atoms with Gasteiger partial charge >= 0.3 is 0 Å². The van der Waals surface area contributed by atoms with Crippen LogP contribution in [0.25, 0.3) is 0 Å². The molecule has 9 heteroatoms. The Kier molecular flexibility index (Phi) is 10.1. The number of nitrogens with one attached hydrogen (secondary N) is 2. The van der Waals surface area contributed by atoms with Gasteiger partial charge in [-0.05, 0) is 29.8 Å². The summed E-state index contributed by atoms with van der Waals surface area (Å²) in [4.78, 5) is 16.0. The Morgan fingerprint density at radius 1 is 1.14 bits per heavy atom. The first-order chi connectivity index (χ1) is 13.0. The molecule has 7 nitrogen and oxygen atoms in total. The molecule has 0 spiro atoms. The summed E-state index contributed by atoms with van der Waals surface area (Å²) >= 11 is 0. The standard InChI is InChI=1S/C19H23FN4O3.HI/c1-26-15-7-8-17(27-2)16(12-15)24-19(21)23-10-9-22-18(25)11-13-3-5-14(20)6-4-13;/h3-8,12H,9-11H2,1-2H3,(H,22,25)(H3,21,23,24);1H. The van der Waals surface area contributed by atoms with E-state index in [1.165, 1.54) is 12.1 Å². The Morgan fingerprint density at radius 2 is 1.86 bits per heavy atom. The lowest BCUT2D eigenvalue weighted by atomic mass is 10.1. The number of anilines is 1. The van der Waals surface area contributed by atoms with Gasteiger partial charge in [0.1, 0.15) is 17.3 Å². The van der Waals surface area contributed by atoms with E-state index in [9.17, 15) is 9.18 Å². The van der Waals surface area contributed by atoms with E-state index < -0.39 is 0 Å². The number of carbonyl (C=O) groups is 1. The van der Waals surface area contributed by atoms with Crippen molar-refractivity contribution in [3.8, 4) is 11.5 Å². The molecule has 4 N–H and O–H groups in total. The summed E-state index contributed by atoms with van der Waals surface area (Å²) in [6, 6.07) is 11.1. The van der Waals surface area contributed by atoms with Crippen molar-refractivity contribution in [3.63, 3.8) is 0 Å². The number of hydrogen-bond donors (Lipinski definition) is 3. The molecule has 1 amide bonds. The van der Waals surface area contributed by atoms with E-state index >= 15 is 0 Å². The average molecular weight is 502 g/mol. The van der Waals surface area contributed by atoms with E-state index in [1.54, 1.807) is 44.6 Å². The van der Waals surface area contributed by atoms with Crippen LogP contribution < -0.4 is 25.8 Å². The van der Waals surface area contributed by atoms with Crippen LogP contribution in [-0.2, 0) is 11.2 Å². The number of aliphatic imine (C=N–C) groups is 1. The number of nitrogens with two attached hydrogens (primary N) is 1. The normalized spacial score (nSPS) is 10.6. The maximum Gasteiger partial charge on any atom is 0.224 e. The van der Waals surface area contributed by atoms with E-state index in [4.69, 9.17) is 15.2 Å². The smallest absolute Gasteiger partial charge is 0.224 e. The van der Waals surface area contributed by atoms with E-state index in [0.29, 0.717) is 30.3 Å². The number of carbonyl (C=O) groups excluding carboxylic acids is 1. The van der Waals surface area contributed by atoms with Gasteiger partial charge in [-0.25, -0.2) is 4.39 Å². The maximum atomic E-state index is 12.8. The fourth-order valence-corrected chi connectivity index (χ4v) is 2.31. The molecule has 152 valence electrons. The molecular formula is C19H24FIN4O3. The zero-order chi connectivity index (χ0) is 19.6. The third kappa shape index (κ3) is 7.59. The zero-order valence-corrected chi connectivity index (χ0v) is 18.0. The van der Waals surface area contributed by atoms with Crippen LogP contribution in [0.2, 0.25) is 0 Å². The second-order valence-electron chi connectivity index (χ2n) is 5.61. The molecule has 0 unspecified atom stereocenters. The van der Waals surface area contributed by atoms with Gasteiger partial charge in [-0.15, -0.1) is 24.0 Å². The van der Waals surface area contributed by atoms with E-state index in [2.05, 4.69) is 15.6 Å². The number of halogens is 2. The Bertz CT molecular complexity index is 800. The topological polar surface area (TPSA) is 98.0 Å². The van der Waals surface area contributed by atoms with Gasteiger partial charge in [0.05, 0.1) is 32.9 Å². The number of guanidine groups is 1.